The second-order valence-electron chi connectivity index (χ2n) is 0.961. The van der Waals surface area contributed by atoms with Crippen LogP contribution in [0, 0.1) is 0 Å². The summed E-state index contributed by atoms with van der Waals surface area (Å²) in [5.41, 5.74) is 3.13. The number of hydrogen-bond donors (Lipinski definition) is 6. The van der Waals surface area contributed by atoms with Crippen molar-refractivity contribution in [2.24, 2.45) is 11.7 Å². The van der Waals surface area contributed by atoms with Gasteiger partial charge in [-0.05, 0) is 0 Å². The molecule has 0 aliphatic carbocycles. The molecule has 6 heteroatoms. The Morgan fingerprint density at radius 2 is 1.43 bits per heavy atom. The van der Waals surface area contributed by atoms with E-state index in [0.29, 0.717) is 0 Å². The lowest BCUT2D eigenvalue weighted by atomic mass is 10.9. The number of rotatable bonds is 2. The maximum absolute atomic E-state index is 8.22. The quantitative estimate of drug-likeness (QED) is 0.124. The molecule has 0 aliphatic rings. The van der Waals surface area contributed by atoms with Gasteiger partial charge < -0.3 is 10.2 Å². The molecule has 0 heterocycles. The SMILES string of the molecule is NNC(O)(O)NN. The van der Waals surface area contributed by atoms with Gasteiger partial charge in [0, 0.05) is 0 Å². The normalized spacial score (nSPS) is 12.0. The highest BCUT2D eigenvalue weighted by atomic mass is 16.6. The smallest absolute Gasteiger partial charge is 0.312 e. The second kappa shape index (κ2) is 2.17. The Balaban J connectivity index is 3.36. The van der Waals surface area contributed by atoms with Gasteiger partial charge in [-0.3, -0.25) is 11.7 Å². The number of hydrazine groups is 2. The van der Waals surface area contributed by atoms with Crippen molar-refractivity contribution in [2.45, 2.75) is 6.03 Å². The minimum absolute atomic E-state index is 1.57. The molecule has 0 rings (SSSR count). The summed E-state index contributed by atoms with van der Waals surface area (Å²) in [6.07, 6.45) is 0. The zero-order valence-electron chi connectivity index (χ0n) is 3.55. The van der Waals surface area contributed by atoms with E-state index >= 15 is 0 Å². The van der Waals surface area contributed by atoms with Crippen LogP contribution < -0.4 is 22.5 Å². The van der Waals surface area contributed by atoms with Gasteiger partial charge in [0.1, 0.15) is 0 Å². The fourth-order valence-corrected chi connectivity index (χ4v) is 0.0417. The van der Waals surface area contributed by atoms with Crippen molar-refractivity contribution in [3.8, 4) is 0 Å². The first kappa shape index (κ1) is 6.76. The fourth-order valence-electron chi connectivity index (χ4n) is 0.0417. The molecule has 0 amide bonds. The van der Waals surface area contributed by atoms with Gasteiger partial charge in [0.05, 0.1) is 0 Å². The molecule has 0 saturated carbocycles. The summed E-state index contributed by atoms with van der Waals surface area (Å²) >= 11 is 0. The molecule has 8 N–H and O–H groups in total. The van der Waals surface area contributed by atoms with E-state index in [1.54, 1.807) is 10.9 Å². The van der Waals surface area contributed by atoms with Gasteiger partial charge >= 0.3 is 6.03 Å². The molecule has 0 spiro atoms. The third kappa shape index (κ3) is 2.45. The lowest BCUT2D eigenvalue weighted by Gasteiger charge is -2.16. The third-order valence-corrected chi connectivity index (χ3v) is 0.403. The molecule has 7 heavy (non-hydrogen) atoms. The van der Waals surface area contributed by atoms with E-state index in [1.165, 1.54) is 0 Å². The van der Waals surface area contributed by atoms with E-state index in [9.17, 15) is 0 Å². The van der Waals surface area contributed by atoms with Gasteiger partial charge in [0.25, 0.3) is 0 Å². The van der Waals surface area contributed by atoms with Crippen LogP contribution in [0.4, 0.5) is 0 Å². The molecule has 6 nitrogen and oxygen atoms in total. The number of nitrogens with one attached hydrogen (secondary N) is 2. The Morgan fingerprint density at radius 3 is 1.43 bits per heavy atom. The first-order chi connectivity index (χ1) is 3.12. The highest BCUT2D eigenvalue weighted by Crippen LogP contribution is 1.74. The van der Waals surface area contributed by atoms with Crippen molar-refractivity contribution in [2.75, 3.05) is 0 Å². The molecule has 0 aromatic carbocycles. The Bertz CT molecular complexity index is 47.7. The average Bonchev–Trinajstić information content (AvgIpc) is 1.68. The van der Waals surface area contributed by atoms with E-state index < -0.39 is 6.03 Å². The van der Waals surface area contributed by atoms with Crippen LogP contribution in [0.2, 0.25) is 0 Å². The summed E-state index contributed by atoms with van der Waals surface area (Å²) in [5, 5.41) is 16.4. The zero-order valence-corrected chi connectivity index (χ0v) is 3.55. The van der Waals surface area contributed by atoms with Gasteiger partial charge in [-0.15, -0.1) is 0 Å². The van der Waals surface area contributed by atoms with Crippen molar-refractivity contribution in [1.29, 1.82) is 0 Å². The highest BCUT2D eigenvalue weighted by Gasteiger charge is 2.15. The third-order valence-electron chi connectivity index (χ3n) is 0.403. The van der Waals surface area contributed by atoms with Crippen LogP contribution in [-0.2, 0) is 0 Å². The standard InChI is InChI=1S/CH8N4O2/c2-4-1(6,7)5-3/h4-7H,2-3H2. The summed E-state index contributed by atoms with van der Waals surface area (Å²) < 4.78 is 0. The van der Waals surface area contributed by atoms with E-state index in [1.807, 2.05) is 0 Å². The summed E-state index contributed by atoms with van der Waals surface area (Å²) in [5.74, 6) is 9.05. The topological polar surface area (TPSA) is 117 Å². The van der Waals surface area contributed by atoms with Crippen LogP contribution >= 0.6 is 0 Å². The Kier molecular flexibility index (Phi) is 2.09. The van der Waals surface area contributed by atoms with Crippen molar-refractivity contribution < 1.29 is 10.2 Å². The average molecular weight is 108 g/mol. The van der Waals surface area contributed by atoms with Crippen LogP contribution in [0.15, 0.2) is 0 Å². The maximum atomic E-state index is 8.22. The molecule has 0 radical (unpaired) electrons. The second-order valence-corrected chi connectivity index (χ2v) is 0.961. The van der Waals surface area contributed by atoms with Crippen molar-refractivity contribution in [3.63, 3.8) is 0 Å². The molecule has 0 aromatic heterocycles. The lowest BCUT2D eigenvalue weighted by molar-refractivity contribution is -0.210. The van der Waals surface area contributed by atoms with E-state index in [-0.39, 0.29) is 0 Å². The minimum atomic E-state index is -2.36. The van der Waals surface area contributed by atoms with E-state index in [2.05, 4.69) is 11.7 Å². The largest absolute Gasteiger partial charge is 0.339 e. The van der Waals surface area contributed by atoms with Gasteiger partial charge in [-0.1, -0.05) is 0 Å². The molecule has 0 unspecified atom stereocenters. The van der Waals surface area contributed by atoms with Crippen LogP contribution in [0.25, 0.3) is 0 Å². The Hall–Kier alpha value is -0.240. The highest BCUT2D eigenvalue weighted by molar-refractivity contribution is 4.42. The molecule has 0 bridgehead atoms. The van der Waals surface area contributed by atoms with Crippen LogP contribution in [0.1, 0.15) is 0 Å². The minimum Gasteiger partial charge on any atom is -0.339 e. The predicted octanol–water partition coefficient (Wildman–Crippen LogP) is -3.49. The Labute approximate surface area is 40.0 Å². The molecule has 0 saturated heterocycles. The summed E-state index contributed by atoms with van der Waals surface area (Å²) in [6, 6.07) is -2.36. The van der Waals surface area contributed by atoms with E-state index in [0.717, 1.165) is 0 Å². The van der Waals surface area contributed by atoms with Gasteiger partial charge in [0.2, 0.25) is 0 Å². The monoisotopic (exact) mass is 108 g/mol. The molecular formula is CH8N4O2. The molecule has 0 aliphatic heterocycles. The predicted molar refractivity (Wildman–Crippen MR) is 21.8 cm³/mol. The fraction of sp³-hybridized carbons (Fsp3) is 1.00. The molecular weight excluding hydrogens is 100 g/mol. The summed E-state index contributed by atoms with van der Waals surface area (Å²) in [4.78, 5) is 0. The van der Waals surface area contributed by atoms with Crippen LogP contribution in [0.3, 0.4) is 0 Å². The number of hydrogen-bond acceptors (Lipinski definition) is 6. The number of aliphatic hydroxyl groups is 2. The molecule has 44 valence electrons. The van der Waals surface area contributed by atoms with Crippen LogP contribution in [0.5, 0.6) is 0 Å². The number of nitrogens with two attached hydrogens (primary N) is 2. The van der Waals surface area contributed by atoms with Crippen LogP contribution in [-0.4, -0.2) is 16.2 Å². The first-order valence-corrected chi connectivity index (χ1v) is 1.52. The lowest BCUT2D eigenvalue weighted by Crippen LogP contribution is -2.62. The van der Waals surface area contributed by atoms with Gasteiger partial charge in [0.15, 0.2) is 0 Å². The summed E-state index contributed by atoms with van der Waals surface area (Å²) in [7, 11) is 0. The molecule has 0 aromatic rings. The van der Waals surface area contributed by atoms with Gasteiger partial charge in [-0.25, -0.2) is 0 Å². The molecule has 0 fully saturated rings. The zero-order chi connectivity index (χ0) is 5.91. The van der Waals surface area contributed by atoms with E-state index in [4.69, 9.17) is 10.2 Å². The Morgan fingerprint density at radius 1 is 1.14 bits per heavy atom. The maximum Gasteiger partial charge on any atom is 0.312 e. The first-order valence-electron chi connectivity index (χ1n) is 1.52. The van der Waals surface area contributed by atoms with Crippen molar-refractivity contribution in [3.05, 3.63) is 0 Å². The van der Waals surface area contributed by atoms with Gasteiger partial charge in [-0.2, -0.15) is 10.9 Å². The molecule has 0 atom stereocenters. The summed E-state index contributed by atoms with van der Waals surface area (Å²) in [6.45, 7) is 0. The van der Waals surface area contributed by atoms with Crippen molar-refractivity contribution in [1.82, 2.24) is 10.9 Å². The van der Waals surface area contributed by atoms with Crippen molar-refractivity contribution >= 4 is 0 Å².